The van der Waals surface area contributed by atoms with Gasteiger partial charge in [0.1, 0.15) is 16.9 Å². The van der Waals surface area contributed by atoms with Gasteiger partial charge in [0.25, 0.3) is 5.56 Å². The van der Waals surface area contributed by atoms with Gasteiger partial charge in [0.15, 0.2) is 17.6 Å². The molecular formula is C21H23NO7. The van der Waals surface area contributed by atoms with Gasteiger partial charge in [-0.25, -0.2) is 4.79 Å². The van der Waals surface area contributed by atoms with Gasteiger partial charge < -0.3 is 28.6 Å². The molecule has 3 heterocycles. The summed E-state index contributed by atoms with van der Waals surface area (Å²) in [5.41, 5.74) is 0.879. The fourth-order valence-corrected chi connectivity index (χ4v) is 4.05. The molecule has 0 spiro atoms. The van der Waals surface area contributed by atoms with Crippen LogP contribution in [-0.2, 0) is 16.0 Å². The predicted molar refractivity (Wildman–Crippen MR) is 103 cm³/mol. The van der Waals surface area contributed by atoms with Gasteiger partial charge in [-0.05, 0) is 31.9 Å². The fourth-order valence-electron chi connectivity index (χ4n) is 4.05. The summed E-state index contributed by atoms with van der Waals surface area (Å²) in [6.45, 7) is 2.82. The lowest BCUT2D eigenvalue weighted by Gasteiger charge is -2.19. The number of rotatable bonds is 5. The molecule has 29 heavy (non-hydrogen) atoms. The second-order valence-corrected chi connectivity index (χ2v) is 7.19. The molecule has 4 rings (SSSR count). The number of aromatic nitrogens is 1. The lowest BCUT2D eigenvalue weighted by Crippen LogP contribution is -2.31. The molecule has 1 fully saturated rings. The molecule has 1 N–H and O–H groups in total. The van der Waals surface area contributed by atoms with Crippen LogP contribution in [0.2, 0.25) is 0 Å². The van der Waals surface area contributed by atoms with E-state index < -0.39 is 17.6 Å². The number of esters is 1. The van der Waals surface area contributed by atoms with E-state index in [1.165, 1.54) is 20.3 Å². The maximum absolute atomic E-state index is 13.3. The first-order valence-corrected chi connectivity index (χ1v) is 9.47. The Morgan fingerprint density at radius 1 is 1.24 bits per heavy atom. The van der Waals surface area contributed by atoms with Crippen molar-refractivity contribution in [1.29, 1.82) is 0 Å². The van der Waals surface area contributed by atoms with E-state index >= 15 is 0 Å². The number of methoxy groups -OCH3 is 2. The summed E-state index contributed by atoms with van der Waals surface area (Å²) < 4.78 is 23.3. The molecule has 0 saturated carbocycles. The number of hydrogen-bond donors (Lipinski definition) is 1. The molecule has 2 aromatic rings. The van der Waals surface area contributed by atoms with E-state index in [9.17, 15) is 14.7 Å². The summed E-state index contributed by atoms with van der Waals surface area (Å²) in [6.07, 6.45) is 0.756. The third-order valence-electron chi connectivity index (χ3n) is 5.48. The number of benzene rings is 1. The molecule has 2 atom stereocenters. The second kappa shape index (κ2) is 7.44. The van der Waals surface area contributed by atoms with Crippen molar-refractivity contribution in [2.24, 2.45) is 0 Å². The summed E-state index contributed by atoms with van der Waals surface area (Å²) >= 11 is 0. The lowest BCUT2D eigenvalue weighted by molar-refractivity contribution is 0.0446. The number of carbonyl (C=O) groups excluding carboxylic acids is 1. The summed E-state index contributed by atoms with van der Waals surface area (Å²) in [5.74, 6) is -0.223. The van der Waals surface area contributed by atoms with Crippen molar-refractivity contribution in [2.75, 3.05) is 20.8 Å². The standard InChI is InChI=1S/C21H23NO7/c1-11-9-14(23)17(20(24)22(11)10-12-5-4-8-28-12)18-13-6-7-15(26-2)19(27-3)16(13)21(25)29-18/h6-7,9,12,18,23H,4-5,8,10H2,1-3H3/t12-,18+/m1/s1. The van der Waals surface area contributed by atoms with Gasteiger partial charge in [-0.2, -0.15) is 0 Å². The van der Waals surface area contributed by atoms with Gasteiger partial charge in [0.2, 0.25) is 0 Å². The minimum Gasteiger partial charge on any atom is -0.507 e. The predicted octanol–water partition coefficient (Wildman–Crippen LogP) is 2.32. The van der Waals surface area contributed by atoms with Crippen LogP contribution in [0, 0.1) is 6.92 Å². The highest BCUT2D eigenvalue weighted by atomic mass is 16.6. The summed E-state index contributed by atoms with van der Waals surface area (Å²) in [4.78, 5) is 25.9. The number of pyridine rings is 1. The summed E-state index contributed by atoms with van der Waals surface area (Å²) in [5, 5.41) is 10.6. The zero-order chi connectivity index (χ0) is 20.7. The van der Waals surface area contributed by atoms with Crippen LogP contribution in [0.1, 0.15) is 46.1 Å². The van der Waals surface area contributed by atoms with Crippen LogP contribution in [0.5, 0.6) is 17.2 Å². The van der Waals surface area contributed by atoms with Crippen LogP contribution in [0.15, 0.2) is 23.0 Å². The number of hydrogen-bond acceptors (Lipinski definition) is 7. The van der Waals surface area contributed by atoms with Crippen LogP contribution in [0.3, 0.4) is 0 Å². The molecule has 1 aromatic carbocycles. The van der Waals surface area contributed by atoms with E-state index in [-0.39, 0.29) is 28.7 Å². The first-order valence-electron chi connectivity index (χ1n) is 9.47. The molecule has 2 aliphatic heterocycles. The Kier molecular flexibility index (Phi) is 4.96. The van der Waals surface area contributed by atoms with Gasteiger partial charge in [-0.1, -0.05) is 6.07 Å². The average molecular weight is 401 g/mol. The molecule has 8 nitrogen and oxygen atoms in total. The number of aryl methyl sites for hydroxylation is 1. The van der Waals surface area contributed by atoms with Crippen molar-refractivity contribution in [3.05, 3.63) is 50.9 Å². The summed E-state index contributed by atoms with van der Waals surface area (Å²) in [7, 11) is 2.90. The van der Waals surface area contributed by atoms with Gasteiger partial charge in [-0.3, -0.25) is 4.79 Å². The Morgan fingerprint density at radius 2 is 2.03 bits per heavy atom. The number of ether oxygens (including phenoxy) is 4. The second-order valence-electron chi connectivity index (χ2n) is 7.19. The van der Waals surface area contributed by atoms with E-state index in [2.05, 4.69) is 0 Å². The molecule has 0 amide bonds. The highest BCUT2D eigenvalue weighted by molar-refractivity contribution is 5.98. The normalized spacial score (nSPS) is 20.4. The van der Waals surface area contributed by atoms with Crippen molar-refractivity contribution in [1.82, 2.24) is 4.57 Å². The smallest absolute Gasteiger partial charge is 0.343 e. The molecule has 0 bridgehead atoms. The van der Waals surface area contributed by atoms with Crippen molar-refractivity contribution in [3.8, 4) is 17.2 Å². The first kappa shape index (κ1) is 19.3. The monoisotopic (exact) mass is 401 g/mol. The van der Waals surface area contributed by atoms with Crippen LogP contribution >= 0.6 is 0 Å². The molecule has 1 saturated heterocycles. The molecule has 1 aromatic heterocycles. The van der Waals surface area contributed by atoms with Crippen LogP contribution in [0.4, 0.5) is 0 Å². The molecule has 0 unspecified atom stereocenters. The van der Waals surface area contributed by atoms with Crippen molar-refractivity contribution < 1.29 is 28.8 Å². The fraction of sp³-hybridized carbons (Fsp3) is 0.429. The molecular weight excluding hydrogens is 378 g/mol. The zero-order valence-electron chi connectivity index (χ0n) is 16.6. The Labute approximate surface area is 167 Å². The van der Waals surface area contributed by atoms with Crippen molar-refractivity contribution in [2.45, 2.75) is 38.5 Å². The number of cyclic esters (lactones) is 1. The van der Waals surface area contributed by atoms with Crippen LogP contribution in [0.25, 0.3) is 0 Å². The molecule has 0 aliphatic carbocycles. The van der Waals surface area contributed by atoms with Gasteiger partial charge in [-0.15, -0.1) is 0 Å². The molecule has 154 valence electrons. The lowest BCUT2D eigenvalue weighted by atomic mass is 9.98. The molecule has 2 aliphatic rings. The Balaban J connectivity index is 1.83. The third-order valence-corrected chi connectivity index (χ3v) is 5.48. The van der Waals surface area contributed by atoms with Gasteiger partial charge >= 0.3 is 5.97 Å². The number of nitrogens with zero attached hydrogens (tertiary/aromatic N) is 1. The Hall–Kier alpha value is -3.00. The minimum absolute atomic E-state index is 0.0212. The number of carbonyl (C=O) groups is 1. The molecule has 0 radical (unpaired) electrons. The van der Waals surface area contributed by atoms with E-state index in [0.717, 1.165) is 12.8 Å². The average Bonchev–Trinajstić information content (AvgIpc) is 3.32. The van der Waals surface area contributed by atoms with Crippen molar-refractivity contribution >= 4 is 5.97 Å². The topological polar surface area (TPSA) is 96.2 Å². The quantitative estimate of drug-likeness (QED) is 0.768. The molecule has 8 heteroatoms. The Morgan fingerprint density at radius 3 is 2.69 bits per heavy atom. The Bertz CT molecular complexity index is 1020. The van der Waals surface area contributed by atoms with E-state index in [4.69, 9.17) is 18.9 Å². The third kappa shape index (κ3) is 3.13. The largest absolute Gasteiger partial charge is 0.507 e. The van der Waals surface area contributed by atoms with Crippen molar-refractivity contribution in [3.63, 3.8) is 0 Å². The van der Waals surface area contributed by atoms with Gasteiger partial charge in [0, 0.05) is 17.9 Å². The maximum Gasteiger partial charge on any atom is 0.343 e. The van der Waals surface area contributed by atoms with Crippen LogP contribution < -0.4 is 15.0 Å². The minimum atomic E-state index is -1.03. The number of fused-ring (bicyclic) bond motifs is 1. The van der Waals surface area contributed by atoms with E-state index in [1.54, 1.807) is 23.6 Å². The van der Waals surface area contributed by atoms with Crippen LogP contribution in [-0.4, -0.2) is 42.6 Å². The highest BCUT2D eigenvalue weighted by Gasteiger charge is 2.40. The van der Waals surface area contributed by atoms with E-state index in [1.807, 2.05) is 0 Å². The SMILES string of the molecule is COc1ccc2c(c1OC)C(=O)O[C@@H]2c1c(O)cc(C)n(C[C@H]2CCCO2)c1=O. The zero-order valence-corrected chi connectivity index (χ0v) is 16.6. The highest BCUT2D eigenvalue weighted by Crippen LogP contribution is 2.45. The maximum atomic E-state index is 13.3. The first-order chi connectivity index (χ1) is 14.0. The summed E-state index contributed by atoms with van der Waals surface area (Å²) in [6, 6.07) is 4.80. The van der Waals surface area contributed by atoms with E-state index in [0.29, 0.717) is 30.2 Å². The number of aromatic hydroxyl groups is 1. The van der Waals surface area contributed by atoms with Gasteiger partial charge in [0.05, 0.1) is 26.9 Å².